The molecule has 27 heavy (non-hydrogen) atoms. The number of fused-ring (bicyclic) bond motifs is 1. The number of benzene rings is 2. The van der Waals surface area contributed by atoms with E-state index in [1.165, 1.54) is 0 Å². The van der Waals surface area contributed by atoms with Crippen molar-refractivity contribution in [1.29, 1.82) is 0 Å². The minimum absolute atomic E-state index is 0.151. The highest BCUT2D eigenvalue weighted by molar-refractivity contribution is 5.92. The molecule has 0 radical (unpaired) electrons. The highest BCUT2D eigenvalue weighted by atomic mass is 19.4. The van der Waals surface area contributed by atoms with Crippen LogP contribution in [-0.2, 0) is 17.5 Å². The molecular formula is C19H15F4N3O. The third-order valence-corrected chi connectivity index (χ3v) is 4.50. The second kappa shape index (κ2) is 6.37. The topological polar surface area (TPSA) is 46.9 Å². The summed E-state index contributed by atoms with van der Waals surface area (Å²) in [4.78, 5) is 17.0. The molecule has 3 aromatic rings. The minimum atomic E-state index is -4.62. The zero-order chi connectivity index (χ0) is 19.2. The van der Waals surface area contributed by atoms with Crippen molar-refractivity contribution in [3.8, 4) is 0 Å². The van der Waals surface area contributed by atoms with Crippen molar-refractivity contribution in [1.82, 2.24) is 9.55 Å². The van der Waals surface area contributed by atoms with Crippen molar-refractivity contribution in [2.24, 2.45) is 0 Å². The van der Waals surface area contributed by atoms with Gasteiger partial charge < -0.3 is 9.88 Å². The van der Waals surface area contributed by atoms with Crippen LogP contribution in [-0.4, -0.2) is 15.5 Å². The van der Waals surface area contributed by atoms with Gasteiger partial charge in [0.15, 0.2) is 0 Å². The zero-order valence-electron chi connectivity index (χ0n) is 14.1. The fourth-order valence-corrected chi connectivity index (χ4v) is 3.04. The molecule has 4 nitrogen and oxygen atoms in total. The van der Waals surface area contributed by atoms with Crippen molar-refractivity contribution in [2.45, 2.75) is 31.5 Å². The molecule has 1 N–H and O–H groups in total. The molecule has 4 rings (SSSR count). The first-order chi connectivity index (χ1) is 12.8. The van der Waals surface area contributed by atoms with E-state index in [9.17, 15) is 22.4 Å². The Morgan fingerprint density at radius 1 is 1.19 bits per heavy atom. The van der Waals surface area contributed by atoms with E-state index in [1.54, 1.807) is 4.57 Å². The van der Waals surface area contributed by atoms with Crippen molar-refractivity contribution in [3.05, 3.63) is 59.7 Å². The first kappa shape index (κ1) is 17.5. The van der Waals surface area contributed by atoms with Crippen LogP contribution in [0.4, 0.5) is 23.2 Å². The van der Waals surface area contributed by atoms with Gasteiger partial charge in [-0.3, -0.25) is 4.79 Å². The van der Waals surface area contributed by atoms with E-state index in [4.69, 9.17) is 0 Å². The predicted molar refractivity (Wildman–Crippen MR) is 91.7 cm³/mol. The zero-order valence-corrected chi connectivity index (χ0v) is 14.1. The van der Waals surface area contributed by atoms with Gasteiger partial charge in [0.1, 0.15) is 18.2 Å². The molecule has 0 unspecified atom stereocenters. The third-order valence-electron chi connectivity index (χ3n) is 4.50. The van der Waals surface area contributed by atoms with Gasteiger partial charge in [0.05, 0.1) is 22.3 Å². The molecule has 1 amide bonds. The number of nitrogens with one attached hydrogen (secondary N) is 1. The monoisotopic (exact) mass is 377 g/mol. The molecule has 140 valence electrons. The lowest BCUT2D eigenvalue weighted by atomic mass is 10.2. The molecule has 1 heterocycles. The number of imidazole rings is 1. The van der Waals surface area contributed by atoms with Gasteiger partial charge >= 0.3 is 6.18 Å². The summed E-state index contributed by atoms with van der Waals surface area (Å²) < 4.78 is 54.1. The van der Waals surface area contributed by atoms with Crippen LogP contribution in [0.1, 0.15) is 30.1 Å². The number of para-hydroxylation sites is 2. The Morgan fingerprint density at radius 3 is 2.63 bits per heavy atom. The van der Waals surface area contributed by atoms with E-state index in [1.807, 2.05) is 24.3 Å². The van der Waals surface area contributed by atoms with Crippen LogP contribution in [0.15, 0.2) is 42.5 Å². The Morgan fingerprint density at radius 2 is 1.93 bits per heavy atom. The van der Waals surface area contributed by atoms with E-state index in [0.717, 1.165) is 29.7 Å². The molecular weight excluding hydrogens is 362 g/mol. The molecule has 0 aliphatic heterocycles. The highest BCUT2D eigenvalue weighted by Crippen LogP contribution is 2.40. The first-order valence-electron chi connectivity index (χ1n) is 8.44. The van der Waals surface area contributed by atoms with Gasteiger partial charge in [-0.1, -0.05) is 12.1 Å². The summed E-state index contributed by atoms with van der Waals surface area (Å²) in [6.45, 7) is -0.151. The molecule has 0 spiro atoms. The number of carbonyl (C=O) groups excluding carboxylic acids is 1. The third kappa shape index (κ3) is 3.51. The Balaban J connectivity index is 1.61. The molecule has 0 bridgehead atoms. The summed E-state index contributed by atoms with van der Waals surface area (Å²) in [6, 6.07) is 9.26. The number of nitrogens with zero attached hydrogens (tertiary/aromatic N) is 2. The number of hydrogen-bond acceptors (Lipinski definition) is 2. The molecule has 1 fully saturated rings. The largest absolute Gasteiger partial charge is 0.416 e. The molecule has 1 aromatic heterocycles. The lowest BCUT2D eigenvalue weighted by molar-refractivity contribution is -0.137. The quantitative estimate of drug-likeness (QED) is 0.670. The van der Waals surface area contributed by atoms with Crippen LogP contribution in [0.3, 0.4) is 0 Å². The van der Waals surface area contributed by atoms with Crippen LogP contribution in [0, 0.1) is 5.82 Å². The lowest BCUT2D eigenvalue weighted by Gasteiger charge is -2.12. The molecule has 8 heteroatoms. The number of rotatable bonds is 4. The maximum atomic E-state index is 13.9. The first-order valence-corrected chi connectivity index (χ1v) is 8.44. The number of anilines is 1. The maximum absolute atomic E-state index is 13.9. The van der Waals surface area contributed by atoms with E-state index >= 15 is 0 Å². The summed E-state index contributed by atoms with van der Waals surface area (Å²) in [5.74, 6) is -0.487. The van der Waals surface area contributed by atoms with Crippen LogP contribution >= 0.6 is 0 Å². The molecule has 1 aliphatic rings. The SMILES string of the molecule is O=C(Cn1c(C2CC2)nc2ccccc21)Nc1cc(C(F)(F)F)ccc1F. The smallest absolute Gasteiger partial charge is 0.322 e. The van der Waals surface area contributed by atoms with Gasteiger partial charge in [-0.15, -0.1) is 0 Å². The summed E-state index contributed by atoms with van der Waals surface area (Å²) in [5, 5.41) is 2.25. The van der Waals surface area contributed by atoms with E-state index in [0.29, 0.717) is 18.2 Å². The van der Waals surface area contributed by atoms with Gasteiger partial charge in [-0.05, 0) is 43.2 Å². The average Bonchev–Trinajstić information content (AvgIpc) is 3.39. The number of carbonyl (C=O) groups is 1. The fourth-order valence-electron chi connectivity index (χ4n) is 3.04. The van der Waals surface area contributed by atoms with Gasteiger partial charge in [0.2, 0.25) is 5.91 Å². The molecule has 0 saturated heterocycles. The second-order valence-corrected chi connectivity index (χ2v) is 6.56. The second-order valence-electron chi connectivity index (χ2n) is 6.56. The number of amides is 1. The highest BCUT2D eigenvalue weighted by Gasteiger charge is 2.32. The predicted octanol–water partition coefficient (Wildman–Crippen LogP) is 4.71. The van der Waals surface area contributed by atoms with Gasteiger partial charge in [0.25, 0.3) is 0 Å². The van der Waals surface area contributed by atoms with Crippen LogP contribution < -0.4 is 5.32 Å². The normalized spacial score (nSPS) is 14.5. The minimum Gasteiger partial charge on any atom is -0.322 e. The average molecular weight is 377 g/mol. The standard InChI is InChI=1S/C19H15F4N3O/c20-13-8-7-12(19(21,22)23)9-15(13)24-17(27)10-26-16-4-2-1-3-14(16)25-18(26)11-5-6-11/h1-4,7-9,11H,5-6,10H2,(H,24,27). The fraction of sp³-hybridized carbons (Fsp3) is 0.263. The van der Waals surface area contributed by atoms with Crippen molar-refractivity contribution < 1.29 is 22.4 Å². The maximum Gasteiger partial charge on any atom is 0.416 e. The Kier molecular flexibility index (Phi) is 4.13. The number of halogens is 4. The van der Waals surface area contributed by atoms with E-state index in [2.05, 4.69) is 10.3 Å². The van der Waals surface area contributed by atoms with Crippen molar-refractivity contribution >= 4 is 22.6 Å². The summed E-state index contributed by atoms with van der Waals surface area (Å²) >= 11 is 0. The van der Waals surface area contributed by atoms with Gasteiger partial charge in [0, 0.05) is 5.92 Å². The number of alkyl halides is 3. The summed E-state index contributed by atoms with van der Waals surface area (Å²) in [5.41, 5.74) is -0.00492. The van der Waals surface area contributed by atoms with Crippen LogP contribution in [0.25, 0.3) is 11.0 Å². The lowest BCUT2D eigenvalue weighted by Crippen LogP contribution is -2.21. The number of aromatic nitrogens is 2. The van der Waals surface area contributed by atoms with Gasteiger partial charge in [-0.25, -0.2) is 9.37 Å². The number of hydrogen-bond donors (Lipinski definition) is 1. The van der Waals surface area contributed by atoms with Crippen LogP contribution in [0.5, 0.6) is 0 Å². The van der Waals surface area contributed by atoms with E-state index in [-0.39, 0.29) is 12.5 Å². The van der Waals surface area contributed by atoms with Crippen molar-refractivity contribution in [3.63, 3.8) is 0 Å². The van der Waals surface area contributed by atoms with Gasteiger partial charge in [-0.2, -0.15) is 13.2 Å². The van der Waals surface area contributed by atoms with Crippen LogP contribution in [0.2, 0.25) is 0 Å². The Labute approximate surface area is 151 Å². The molecule has 1 aliphatic carbocycles. The van der Waals surface area contributed by atoms with Crippen molar-refractivity contribution in [2.75, 3.05) is 5.32 Å². The molecule has 0 atom stereocenters. The molecule has 2 aromatic carbocycles. The Bertz CT molecular complexity index is 1020. The summed E-state index contributed by atoms with van der Waals surface area (Å²) in [7, 11) is 0. The molecule has 1 saturated carbocycles. The van der Waals surface area contributed by atoms with E-state index < -0.39 is 29.2 Å². The summed E-state index contributed by atoms with van der Waals surface area (Å²) in [6.07, 6.45) is -2.66. The Hall–Kier alpha value is -2.90.